The Kier molecular flexibility index (Phi) is 7.92. The van der Waals surface area contributed by atoms with Crippen LogP contribution in [0.25, 0.3) is 0 Å². The molecular weight excluding hydrogens is 258 g/mol. The Morgan fingerprint density at radius 3 is 2.32 bits per heavy atom. The molecule has 0 fully saturated rings. The molecular formula is C16H26ClNO. The van der Waals surface area contributed by atoms with Crippen molar-refractivity contribution in [2.75, 3.05) is 19.7 Å². The van der Waals surface area contributed by atoms with Crippen molar-refractivity contribution in [3.05, 3.63) is 28.3 Å². The van der Waals surface area contributed by atoms with Gasteiger partial charge in [-0.2, -0.15) is 0 Å². The molecule has 0 aliphatic heterocycles. The van der Waals surface area contributed by atoms with Crippen molar-refractivity contribution < 1.29 is 4.74 Å². The first-order valence-corrected chi connectivity index (χ1v) is 7.63. The lowest BCUT2D eigenvalue weighted by Gasteiger charge is -2.10. The molecule has 1 aromatic rings. The molecule has 19 heavy (non-hydrogen) atoms. The lowest BCUT2D eigenvalue weighted by atomic mass is 10.1. The maximum atomic E-state index is 6.13. The molecule has 0 heterocycles. The van der Waals surface area contributed by atoms with Crippen molar-refractivity contribution in [2.24, 2.45) is 0 Å². The van der Waals surface area contributed by atoms with E-state index in [2.05, 4.69) is 12.2 Å². The maximum Gasteiger partial charge on any atom is 0.119 e. The normalized spacial score (nSPS) is 10.7. The lowest BCUT2D eigenvalue weighted by Crippen LogP contribution is -2.17. The molecule has 3 heteroatoms. The molecule has 2 nitrogen and oxygen atoms in total. The van der Waals surface area contributed by atoms with Gasteiger partial charge in [0.15, 0.2) is 0 Å². The van der Waals surface area contributed by atoms with Crippen molar-refractivity contribution in [3.8, 4) is 5.75 Å². The maximum absolute atomic E-state index is 6.13. The number of hydrogen-bond donors (Lipinski definition) is 1. The summed E-state index contributed by atoms with van der Waals surface area (Å²) in [7, 11) is 0. The molecule has 0 aliphatic carbocycles. The first-order valence-electron chi connectivity index (χ1n) is 7.25. The van der Waals surface area contributed by atoms with Crippen LogP contribution >= 0.6 is 11.6 Å². The number of benzene rings is 1. The molecule has 0 aliphatic rings. The number of unbranched alkanes of at least 4 members (excludes halogenated alkanes) is 2. The highest BCUT2D eigenvalue weighted by molar-refractivity contribution is 6.32. The minimum Gasteiger partial charge on any atom is -0.494 e. The fraction of sp³-hybridized carbons (Fsp3) is 0.625. The van der Waals surface area contributed by atoms with E-state index < -0.39 is 0 Å². The zero-order chi connectivity index (χ0) is 14.1. The summed E-state index contributed by atoms with van der Waals surface area (Å²) in [5.74, 6) is 0.929. The number of nitrogens with one attached hydrogen (secondary N) is 1. The smallest absolute Gasteiger partial charge is 0.119 e. The number of ether oxygens (including phenoxy) is 1. The molecule has 0 bridgehead atoms. The first-order chi connectivity index (χ1) is 9.15. The van der Waals surface area contributed by atoms with Gasteiger partial charge < -0.3 is 10.1 Å². The van der Waals surface area contributed by atoms with Gasteiger partial charge in [0.1, 0.15) is 5.75 Å². The summed E-state index contributed by atoms with van der Waals surface area (Å²) in [5.41, 5.74) is 2.16. The predicted molar refractivity (Wildman–Crippen MR) is 83.4 cm³/mol. The average Bonchev–Trinajstić information content (AvgIpc) is 2.39. The van der Waals surface area contributed by atoms with Crippen LogP contribution in [0.1, 0.15) is 43.7 Å². The molecule has 0 saturated carbocycles. The quantitative estimate of drug-likeness (QED) is 0.674. The summed E-state index contributed by atoms with van der Waals surface area (Å²) < 4.78 is 5.76. The van der Waals surface area contributed by atoms with Gasteiger partial charge in [-0.1, -0.05) is 24.9 Å². The zero-order valence-electron chi connectivity index (χ0n) is 12.4. The molecule has 0 radical (unpaired) electrons. The van der Waals surface area contributed by atoms with Crippen molar-refractivity contribution >= 4 is 11.6 Å². The van der Waals surface area contributed by atoms with E-state index in [4.69, 9.17) is 16.3 Å². The van der Waals surface area contributed by atoms with Crippen LogP contribution in [0, 0.1) is 13.8 Å². The molecule has 108 valence electrons. The van der Waals surface area contributed by atoms with Gasteiger partial charge in [-0.05, 0) is 69.5 Å². The van der Waals surface area contributed by atoms with E-state index in [1.807, 2.05) is 26.0 Å². The summed E-state index contributed by atoms with van der Waals surface area (Å²) in [4.78, 5) is 0. The summed E-state index contributed by atoms with van der Waals surface area (Å²) in [6, 6.07) is 4.02. The van der Waals surface area contributed by atoms with Crippen molar-refractivity contribution in [3.63, 3.8) is 0 Å². The Morgan fingerprint density at radius 2 is 1.68 bits per heavy atom. The average molecular weight is 284 g/mol. The van der Waals surface area contributed by atoms with Crippen LogP contribution in [0.5, 0.6) is 5.75 Å². The first kappa shape index (κ1) is 16.3. The lowest BCUT2D eigenvalue weighted by molar-refractivity contribution is 0.305. The van der Waals surface area contributed by atoms with Crippen LogP contribution in [-0.2, 0) is 0 Å². The minimum absolute atomic E-state index is 0.774. The van der Waals surface area contributed by atoms with E-state index in [1.54, 1.807) is 0 Å². The van der Waals surface area contributed by atoms with Crippen molar-refractivity contribution in [1.29, 1.82) is 0 Å². The zero-order valence-corrected chi connectivity index (χ0v) is 13.1. The van der Waals surface area contributed by atoms with Crippen LogP contribution in [-0.4, -0.2) is 19.7 Å². The van der Waals surface area contributed by atoms with Gasteiger partial charge >= 0.3 is 0 Å². The van der Waals surface area contributed by atoms with Crippen LogP contribution in [0.15, 0.2) is 12.1 Å². The number of halogens is 1. The van der Waals surface area contributed by atoms with E-state index in [0.717, 1.165) is 54.4 Å². The summed E-state index contributed by atoms with van der Waals surface area (Å²) in [5, 5.41) is 4.28. The van der Waals surface area contributed by atoms with E-state index >= 15 is 0 Å². The number of hydrogen-bond acceptors (Lipinski definition) is 2. The van der Waals surface area contributed by atoms with Gasteiger partial charge in [-0.15, -0.1) is 0 Å². The van der Waals surface area contributed by atoms with Gasteiger partial charge in [0.05, 0.1) is 6.61 Å². The molecule has 0 aromatic heterocycles. The van der Waals surface area contributed by atoms with E-state index in [9.17, 15) is 0 Å². The third-order valence-corrected chi connectivity index (χ3v) is 3.73. The van der Waals surface area contributed by atoms with Gasteiger partial charge in [0, 0.05) is 5.02 Å². The molecule has 0 saturated heterocycles. The van der Waals surface area contributed by atoms with E-state index in [1.165, 1.54) is 12.8 Å². The monoisotopic (exact) mass is 283 g/mol. The second-order valence-electron chi connectivity index (χ2n) is 5.03. The third-order valence-electron chi connectivity index (χ3n) is 3.13. The van der Waals surface area contributed by atoms with Crippen LogP contribution in [0.2, 0.25) is 5.02 Å². The molecule has 1 aromatic carbocycles. The number of rotatable bonds is 9. The fourth-order valence-electron chi connectivity index (χ4n) is 1.96. The predicted octanol–water partition coefficient (Wildman–Crippen LogP) is 4.51. The van der Waals surface area contributed by atoms with Crippen molar-refractivity contribution in [1.82, 2.24) is 5.32 Å². The topological polar surface area (TPSA) is 21.3 Å². The summed E-state index contributed by atoms with van der Waals surface area (Å²) >= 11 is 6.13. The largest absolute Gasteiger partial charge is 0.494 e. The Bertz CT molecular complexity index is 356. The number of aryl methyl sites for hydroxylation is 2. The molecule has 0 unspecified atom stereocenters. The SMILES string of the molecule is CCCCNCCCCOc1cc(C)c(Cl)c(C)c1. The van der Waals surface area contributed by atoms with E-state index in [0.29, 0.717) is 0 Å². The molecule has 0 atom stereocenters. The van der Waals surface area contributed by atoms with Gasteiger partial charge in [0.25, 0.3) is 0 Å². The molecule has 0 spiro atoms. The van der Waals surface area contributed by atoms with Gasteiger partial charge in [-0.25, -0.2) is 0 Å². The minimum atomic E-state index is 0.774. The second kappa shape index (κ2) is 9.22. The standard InChI is InChI=1S/C16H26ClNO/c1-4-5-8-18-9-6-7-10-19-15-11-13(2)16(17)14(3)12-15/h11-12,18H,4-10H2,1-3H3. The van der Waals surface area contributed by atoms with Gasteiger partial charge in [-0.3, -0.25) is 0 Å². The highest BCUT2D eigenvalue weighted by Crippen LogP contribution is 2.25. The summed E-state index contributed by atoms with van der Waals surface area (Å²) in [6.45, 7) is 9.23. The Morgan fingerprint density at radius 1 is 1.05 bits per heavy atom. The van der Waals surface area contributed by atoms with Crippen LogP contribution < -0.4 is 10.1 Å². The highest BCUT2D eigenvalue weighted by atomic mass is 35.5. The summed E-state index contributed by atoms with van der Waals surface area (Å²) in [6.07, 6.45) is 4.76. The molecule has 1 rings (SSSR count). The Balaban J connectivity index is 2.16. The van der Waals surface area contributed by atoms with Crippen LogP contribution in [0.4, 0.5) is 0 Å². The van der Waals surface area contributed by atoms with E-state index in [-0.39, 0.29) is 0 Å². The molecule has 0 amide bonds. The highest BCUT2D eigenvalue weighted by Gasteiger charge is 2.03. The van der Waals surface area contributed by atoms with Gasteiger partial charge in [0.2, 0.25) is 0 Å². The Hall–Kier alpha value is -0.730. The Labute approximate surface area is 122 Å². The van der Waals surface area contributed by atoms with Crippen LogP contribution in [0.3, 0.4) is 0 Å². The third kappa shape index (κ3) is 6.31. The fourth-order valence-corrected chi connectivity index (χ4v) is 2.07. The van der Waals surface area contributed by atoms with Crippen molar-refractivity contribution in [2.45, 2.75) is 46.5 Å². The molecule has 1 N–H and O–H groups in total. The second-order valence-corrected chi connectivity index (χ2v) is 5.41.